The van der Waals surface area contributed by atoms with Gasteiger partial charge in [0, 0.05) is 25.7 Å². The zero-order valence-electron chi connectivity index (χ0n) is 15.0. The molecule has 0 saturated carbocycles. The number of hydrogen-bond donors (Lipinski definition) is 2. The number of aromatic nitrogens is 4. The number of anilines is 2. The average Bonchev–Trinajstić information content (AvgIpc) is 3.33. The molecule has 1 amide bonds. The highest BCUT2D eigenvalue weighted by atomic mass is 19.4. The summed E-state index contributed by atoms with van der Waals surface area (Å²) in [6.07, 6.45) is -1.82. The number of alkyl halides is 3. The highest BCUT2D eigenvalue weighted by Gasteiger charge is 2.47. The Morgan fingerprint density at radius 3 is 2.79 bits per heavy atom. The largest absolute Gasteiger partial charge is 0.467 e. The van der Waals surface area contributed by atoms with E-state index in [1.165, 1.54) is 17.0 Å². The second-order valence-corrected chi connectivity index (χ2v) is 6.62. The van der Waals surface area contributed by atoms with E-state index in [4.69, 9.17) is 4.42 Å². The molecule has 2 N–H and O–H groups in total. The molecule has 11 heteroatoms. The van der Waals surface area contributed by atoms with Crippen LogP contribution in [-0.4, -0.2) is 31.6 Å². The van der Waals surface area contributed by atoms with E-state index in [-0.39, 0.29) is 17.9 Å². The molecule has 4 heterocycles. The summed E-state index contributed by atoms with van der Waals surface area (Å²) in [6.45, 7) is 1.71. The van der Waals surface area contributed by atoms with E-state index in [2.05, 4.69) is 20.8 Å². The molecule has 0 fully saturated rings. The van der Waals surface area contributed by atoms with Gasteiger partial charge in [-0.25, -0.2) is 4.68 Å². The number of hydrogen-bond acceptors (Lipinski definition) is 5. The molecule has 8 nitrogen and oxygen atoms in total. The highest BCUT2D eigenvalue weighted by Crippen LogP contribution is 2.43. The van der Waals surface area contributed by atoms with Crippen molar-refractivity contribution in [2.45, 2.75) is 31.6 Å². The predicted molar refractivity (Wildman–Crippen MR) is 92.9 cm³/mol. The van der Waals surface area contributed by atoms with Crippen LogP contribution in [0.25, 0.3) is 0 Å². The van der Waals surface area contributed by atoms with Crippen molar-refractivity contribution in [2.75, 3.05) is 10.6 Å². The molecule has 2 atom stereocenters. The van der Waals surface area contributed by atoms with Crippen LogP contribution in [0.1, 0.15) is 40.4 Å². The molecular formula is C17H17F3N6O2. The molecule has 3 aromatic heterocycles. The van der Waals surface area contributed by atoms with Crippen LogP contribution in [-0.2, 0) is 7.05 Å². The predicted octanol–water partition coefficient (Wildman–Crippen LogP) is 3.43. The molecular weight excluding hydrogens is 377 g/mol. The topological polar surface area (TPSA) is 89.9 Å². The standard InChI is InChI=1S/C17H17F3N6O2/c1-9-12(8-25(2)23-9)22-16(27)11-7-15-21-10(13-4-3-5-28-13)6-14(17(18,19)20)26(15)24-11/h3-5,7-8,10,14,21H,6H2,1-2H3,(H,22,27)/t10-,14-/m0/s1. The van der Waals surface area contributed by atoms with Gasteiger partial charge >= 0.3 is 6.18 Å². The third kappa shape index (κ3) is 3.23. The summed E-state index contributed by atoms with van der Waals surface area (Å²) in [5, 5.41) is 13.6. The Kier molecular flexibility index (Phi) is 4.16. The maximum atomic E-state index is 13.6. The van der Waals surface area contributed by atoms with Gasteiger partial charge in [-0.05, 0) is 19.1 Å². The lowest BCUT2D eigenvalue weighted by Gasteiger charge is -2.32. The maximum Gasteiger partial charge on any atom is 0.410 e. The molecule has 1 aliphatic rings. The molecule has 0 radical (unpaired) electrons. The number of furan rings is 1. The highest BCUT2D eigenvalue weighted by molar-refractivity contribution is 6.03. The van der Waals surface area contributed by atoms with E-state index in [1.54, 1.807) is 32.3 Å². The molecule has 0 aliphatic carbocycles. The Hall–Kier alpha value is -3.24. The molecule has 148 valence electrons. The Bertz CT molecular complexity index is 1000. The first-order valence-electron chi connectivity index (χ1n) is 8.50. The normalized spacial score (nSPS) is 19.2. The van der Waals surface area contributed by atoms with Crippen LogP contribution in [0.15, 0.2) is 35.1 Å². The van der Waals surface area contributed by atoms with Crippen LogP contribution in [0.4, 0.5) is 24.7 Å². The lowest BCUT2D eigenvalue weighted by atomic mass is 10.0. The molecule has 1 aliphatic heterocycles. The van der Waals surface area contributed by atoms with E-state index in [1.807, 2.05) is 0 Å². The minimum absolute atomic E-state index is 0.100. The fraction of sp³-hybridized carbons (Fsp3) is 0.353. The Balaban J connectivity index is 1.65. The van der Waals surface area contributed by atoms with Crippen LogP contribution in [0.5, 0.6) is 0 Å². The molecule has 0 saturated heterocycles. The summed E-state index contributed by atoms with van der Waals surface area (Å²) in [5.74, 6) is -0.128. The number of amides is 1. The zero-order valence-corrected chi connectivity index (χ0v) is 15.0. The van der Waals surface area contributed by atoms with Crippen molar-refractivity contribution >= 4 is 17.4 Å². The smallest absolute Gasteiger partial charge is 0.410 e. The molecule has 4 rings (SSSR count). The lowest BCUT2D eigenvalue weighted by molar-refractivity contribution is -0.174. The summed E-state index contributed by atoms with van der Waals surface area (Å²) in [4.78, 5) is 12.5. The van der Waals surface area contributed by atoms with Crippen LogP contribution in [0.3, 0.4) is 0 Å². The fourth-order valence-corrected chi connectivity index (χ4v) is 3.27. The first-order chi connectivity index (χ1) is 13.2. The van der Waals surface area contributed by atoms with Gasteiger partial charge in [0.1, 0.15) is 11.6 Å². The number of nitrogens with zero attached hydrogens (tertiary/aromatic N) is 4. The number of rotatable bonds is 3. The number of halogens is 3. The van der Waals surface area contributed by atoms with Crippen LogP contribution in [0, 0.1) is 6.92 Å². The van der Waals surface area contributed by atoms with Crippen molar-refractivity contribution in [1.82, 2.24) is 19.6 Å². The third-order valence-corrected chi connectivity index (χ3v) is 4.57. The van der Waals surface area contributed by atoms with Gasteiger partial charge in [-0.1, -0.05) is 0 Å². The summed E-state index contributed by atoms with van der Waals surface area (Å²) in [7, 11) is 1.70. The monoisotopic (exact) mass is 394 g/mol. The number of aryl methyl sites for hydroxylation is 2. The van der Waals surface area contributed by atoms with Crippen LogP contribution in [0.2, 0.25) is 0 Å². The van der Waals surface area contributed by atoms with Crippen molar-refractivity contribution in [2.24, 2.45) is 7.05 Å². The molecule has 0 aromatic carbocycles. The summed E-state index contributed by atoms with van der Waals surface area (Å²) in [6, 6.07) is 1.97. The van der Waals surface area contributed by atoms with Crippen molar-refractivity contribution in [1.29, 1.82) is 0 Å². The van der Waals surface area contributed by atoms with Gasteiger partial charge in [-0.2, -0.15) is 23.4 Å². The quantitative estimate of drug-likeness (QED) is 0.710. The maximum absolute atomic E-state index is 13.6. The van der Waals surface area contributed by atoms with Crippen LogP contribution >= 0.6 is 0 Å². The Morgan fingerprint density at radius 1 is 1.39 bits per heavy atom. The van der Waals surface area contributed by atoms with Crippen LogP contribution < -0.4 is 10.6 Å². The number of fused-ring (bicyclic) bond motifs is 1. The van der Waals surface area contributed by atoms with Gasteiger partial charge in [0.15, 0.2) is 11.7 Å². The number of carbonyl (C=O) groups excluding carboxylic acids is 1. The first kappa shape index (κ1) is 18.1. The number of carbonyl (C=O) groups is 1. The Morgan fingerprint density at radius 2 is 2.18 bits per heavy atom. The minimum atomic E-state index is -4.53. The first-order valence-corrected chi connectivity index (χ1v) is 8.50. The molecule has 0 unspecified atom stereocenters. The third-order valence-electron chi connectivity index (χ3n) is 4.57. The van der Waals surface area contributed by atoms with Crippen molar-refractivity contribution in [3.05, 3.63) is 47.8 Å². The fourth-order valence-electron chi connectivity index (χ4n) is 3.27. The Labute approximate surface area is 157 Å². The lowest BCUT2D eigenvalue weighted by Crippen LogP contribution is -2.35. The van der Waals surface area contributed by atoms with Gasteiger partial charge < -0.3 is 15.1 Å². The van der Waals surface area contributed by atoms with Crippen molar-refractivity contribution in [3.63, 3.8) is 0 Å². The summed E-state index contributed by atoms with van der Waals surface area (Å²) < 4.78 is 48.4. The summed E-state index contributed by atoms with van der Waals surface area (Å²) in [5.41, 5.74) is 0.927. The van der Waals surface area contributed by atoms with E-state index >= 15 is 0 Å². The van der Waals surface area contributed by atoms with Crippen molar-refractivity contribution < 1.29 is 22.4 Å². The molecule has 0 spiro atoms. The second-order valence-electron chi connectivity index (χ2n) is 6.62. The minimum Gasteiger partial charge on any atom is -0.467 e. The van der Waals surface area contributed by atoms with Gasteiger partial charge in [0.05, 0.1) is 23.7 Å². The zero-order chi connectivity index (χ0) is 20.1. The average molecular weight is 394 g/mol. The van der Waals surface area contributed by atoms with Crippen molar-refractivity contribution in [3.8, 4) is 0 Å². The summed E-state index contributed by atoms with van der Waals surface area (Å²) >= 11 is 0. The van der Waals surface area contributed by atoms with Gasteiger partial charge in [-0.3, -0.25) is 9.48 Å². The second kappa shape index (κ2) is 6.43. The van der Waals surface area contributed by atoms with E-state index < -0.39 is 24.2 Å². The number of nitrogens with one attached hydrogen (secondary N) is 2. The molecule has 0 bridgehead atoms. The molecule has 3 aromatic rings. The van der Waals surface area contributed by atoms with E-state index in [0.29, 0.717) is 17.1 Å². The SMILES string of the molecule is Cc1nn(C)cc1NC(=O)c1cc2n(n1)[C@H](C(F)(F)F)C[C@@H](c1ccco1)N2. The van der Waals surface area contributed by atoms with Gasteiger partial charge in [0.2, 0.25) is 0 Å². The molecule has 28 heavy (non-hydrogen) atoms. The van der Waals surface area contributed by atoms with Gasteiger partial charge in [-0.15, -0.1) is 0 Å². The van der Waals surface area contributed by atoms with Gasteiger partial charge in [0.25, 0.3) is 5.91 Å². The van der Waals surface area contributed by atoms with E-state index in [0.717, 1.165) is 4.68 Å². The van der Waals surface area contributed by atoms with E-state index in [9.17, 15) is 18.0 Å².